The van der Waals surface area contributed by atoms with Crippen molar-refractivity contribution in [2.45, 2.75) is 26.4 Å². The van der Waals surface area contributed by atoms with Gasteiger partial charge in [-0.1, -0.05) is 0 Å². The number of ketones is 1. The van der Waals surface area contributed by atoms with E-state index in [2.05, 4.69) is 0 Å². The average molecular weight is 160 g/mol. The van der Waals surface area contributed by atoms with E-state index in [4.69, 9.17) is 9.47 Å². The Kier molecular flexibility index (Phi) is 6.07. The molecule has 0 aliphatic carbocycles. The number of hydrogen-bond acceptors (Lipinski definition) is 3. The largest absolute Gasteiger partial charge is 0.381 e. The van der Waals surface area contributed by atoms with Crippen molar-refractivity contribution in [2.75, 3.05) is 20.3 Å². The van der Waals surface area contributed by atoms with Crippen LogP contribution in [0, 0.1) is 0 Å². The van der Waals surface area contributed by atoms with E-state index < -0.39 is 0 Å². The maximum Gasteiger partial charge on any atom is 0.161 e. The zero-order chi connectivity index (χ0) is 8.69. The van der Waals surface area contributed by atoms with E-state index in [9.17, 15) is 4.79 Å². The average Bonchev–Trinajstić information content (AvgIpc) is 2.00. The van der Waals surface area contributed by atoms with E-state index in [1.807, 2.05) is 13.8 Å². The predicted molar refractivity (Wildman–Crippen MR) is 42.6 cm³/mol. The predicted octanol–water partition coefficient (Wildman–Crippen LogP) is 1.02. The quantitative estimate of drug-likeness (QED) is 0.582. The summed E-state index contributed by atoms with van der Waals surface area (Å²) in [7, 11) is 1.60. The van der Waals surface area contributed by atoms with E-state index in [-0.39, 0.29) is 18.5 Å². The van der Waals surface area contributed by atoms with Gasteiger partial charge >= 0.3 is 0 Å². The van der Waals surface area contributed by atoms with Crippen LogP contribution < -0.4 is 0 Å². The molecule has 3 heteroatoms. The molecule has 0 spiro atoms. The third-order valence-electron chi connectivity index (χ3n) is 1.38. The molecule has 0 saturated carbocycles. The fraction of sp³-hybridized carbons (Fsp3) is 0.875. The molecule has 0 aromatic rings. The number of Topliss-reactive ketones (excluding diaryl/α,β-unsaturated/α-hetero) is 1. The first-order valence-corrected chi connectivity index (χ1v) is 3.83. The Morgan fingerprint density at radius 1 is 1.55 bits per heavy atom. The number of rotatable bonds is 6. The van der Waals surface area contributed by atoms with Gasteiger partial charge in [0.1, 0.15) is 6.61 Å². The van der Waals surface area contributed by atoms with Crippen LogP contribution in [0.2, 0.25) is 0 Å². The summed E-state index contributed by atoms with van der Waals surface area (Å²) in [5.74, 6) is 0.0983. The zero-order valence-corrected chi connectivity index (χ0v) is 7.42. The summed E-state index contributed by atoms with van der Waals surface area (Å²) in [6.07, 6.45) is 0.444. The molecule has 0 aromatic carbocycles. The van der Waals surface area contributed by atoms with Crippen LogP contribution in [0.15, 0.2) is 0 Å². The molecule has 0 bridgehead atoms. The molecule has 11 heavy (non-hydrogen) atoms. The molecule has 0 aliphatic rings. The van der Waals surface area contributed by atoms with Crippen LogP contribution in [-0.4, -0.2) is 32.2 Å². The third kappa shape index (κ3) is 6.01. The van der Waals surface area contributed by atoms with Crippen molar-refractivity contribution in [3.05, 3.63) is 0 Å². The summed E-state index contributed by atoms with van der Waals surface area (Å²) in [4.78, 5) is 11.0. The number of carbonyl (C=O) groups excluding carboxylic acids is 1. The van der Waals surface area contributed by atoms with Crippen molar-refractivity contribution in [3.8, 4) is 0 Å². The molecule has 1 unspecified atom stereocenters. The summed E-state index contributed by atoms with van der Waals surface area (Å²) in [6, 6.07) is 0. The lowest BCUT2D eigenvalue weighted by Crippen LogP contribution is -2.16. The van der Waals surface area contributed by atoms with Crippen LogP contribution in [0.4, 0.5) is 0 Å². The fourth-order valence-corrected chi connectivity index (χ4v) is 0.679. The lowest BCUT2D eigenvalue weighted by molar-refractivity contribution is -0.125. The Hall–Kier alpha value is -0.410. The second-order valence-electron chi connectivity index (χ2n) is 2.43. The van der Waals surface area contributed by atoms with Crippen LogP contribution in [0.3, 0.4) is 0 Å². The minimum absolute atomic E-state index is 0.00274. The highest BCUT2D eigenvalue weighted by Gasteiger charge is 2.06. The van der Waals surface area contributed by atoms with Gasteiger partial charge in [0.25, 0.3) is 0 Å². The van der Waals surface area contributed by atoms with E-state index >= 15 is 0 Å². The fourth-order valence-electron chi connectivity index (χ4n) is 0.679. The molecule has 0 aromatic heterocycles. The Bertz CT molecular complexity index is 112. The molecule has 3 nitrogen and oxygen atoms in total. The summed E-state index contributed by atoms with van der Waals surface area (Å²) in [5, 5.41) is 0. The van der Waals surface area contributed by atoms with Crippen molar-refractivity contribution in [3.63, 3.8) is 0 Å². The van der Waals surface area contributed by atoms with Gasteiger partial charge in [-0.2, -0.15) is 0 Å². The molecule has 66 valence electrons. The first-order valence-electron chi connectivity index (χ1n) is 3.83. The lowest BCUT2D eigenvalue weighted by atomic mass is 10.2. The van der Waals surface area contributed by atoms with E-state index in [1.165, 1.54) is 0 Å². The van der Waals surface area contributed by atoms with E-state index in [1.54, 1.807) is 7.11 Å². The molecule has 0 saturated heterocycles. The number of ether oxygens (including phenoxy) is 2. The number of methoxy groups -OCH3 is 1. The Morgan fingerprint density at radius 3 is 2.64 bits per heavy atom. The van der Waals surface area contributed by atoms with Gasteiger partial charge in [-0.15, -0.1) is 0 Å². The van der Waals surface area contributed by atoms with Crippen molar-refractivity contribution < 1.29 is 14.3 Å². The van der Waals surface area contributed by atoms with Gasteiger partial charge in [0.05, 0.1) is 6.10 Å². The first kappa shape index (κ1) is 10.6. The standard InChI is InChI=1S/C8H16O3/c1-4-11-6-8(9)5-7(2)10-3/h7H,4-6H2,1-3H3. The smallest absolute Gasteiger partial charge is 0.161 e. The number of hydrogen-bond donors (Lipinski definition) is 0. The molecule has 0 N–H and O–H groups in total. The van der Waals surface area contributed by atoms with Crippen LogP contribution in [0.25, 0.3) is 0 Å². The lowest BCUT2D eigenvalue weighted by Gasteiger charge is -2.07. The topological polar surface area (TPSA) is 35.5 Å². The monoisotopic (exact) mass is 160 g/mol. The van der Waals surface area contributed by atoms with Gasteiger partial charge in [-0.3, -0.25) is 4.79 Å². The normalized spacial score (nSPS) is 13.0. The van der Waals surface area contributed by atoms with Gasteiger partial charge in [-0.25, -0.2) is 0 Å². The minimum Gasteiger partial charge on any atom is -0.381 e. The zero-order valence-electron chi connectivity index (χ0n) is 7.42. The third-order valence-corrected chi connectivity index (χ3v) is 1.38. The maximum absolute atomic E-state index is 11.0. The van der Waals surface area contributed by atoms with Gasteiger partial charge in [0.2, 0.25) is 0 Å². The second kappa shape index (κ2) is 6.31. The Balaban J connectivity index is 3.36. The van der Waals surface area contributed by atoms with Crippen molar-refractivity contribution in [2.24, 2.45) is 0 Å². The molecule has 0 radical (unpaired) electrons. The highest BCUT2D eigenvalue weighted by molar-refractivity contribution is 5.80. The molecule has 0 heterocycles. The van der Waals surface area contributed by atoms with Crippen molar-refractivity contribution in [1.29, 1.82) is 0 Å². The molecule has 1 atom stereocenters. The van der Waals surface area contributed by atoms with Crippen LogP contribution in [0.1, 0.15) is 20.3 Å². The molecule has 0 fully saturated rings. The molecule has 0 aliphatic heterocycles. The minimum atomic E-state index is 0.00274. The highest BCUT2D eigenvalue weighted by atomic mass is 16.5. The summed E-state index contributed by atoms with van der Waals surface area (Å²) >= 11 is 0. The van der Waals surface area contributed by atoms with Crippen molar-refractivity contribution >= 4 is 5.78 Å². The summed E-state index contributed by atoms with van der Waals surface area (Å²) in [6.45, 7) is 4.54. The van der Waals surface area contributed by atoms with E-state index in [0.29, 0.717) is 13.0 Å². The Morgan fingerprint density at radius 2 is 2.18 bits per heavy atom. The van der Waals surface area contributed by atoms with E-state index in [0.717, 1.165) is 0 Å². The molecular formula is C8H16O3. The van der Waals surface area contributed by atoms with Crippen LogP contribution in [-0.2, 0) is 14.3 Å². The van der Waals surface area contributed by atoms with Crippen LogP contribution in [0.5, 0.6) is 0 Å². The maximum atomic E-state index is 11.0. The Labute approximate surface area is 67.7 Å². The second-order valence-corrected chi connectivity index (χ2v) is 2.43. The first-order chi connectivity index (χ1) is 5.20. The SMILES string of the molecule is CCOCC(=O)CC(C)OC. The summed E-state index contributed by atoms with van der Waals surface area (Å²) < 4.78 is 9.86. The molecular weight excluding hydrogens is 144 g/mol. The highest BCUT2D eigenvalue weighted by Crippen LogP contribution is 1.96. The molecule has 0 amide bonds. The molecule has 0 rings (SSSR count). The van der Waals surface area contributed by atoms with Crippen LogP contribution >= 0.6 is 0 Å². The van der Waals surface area contributed by atoms with Gasteiger partial charge in [-0.05, 0) is 13.8 Å². The number of carbonyl (C=O) groups is 1. The summed E-state index contributed by atoms with van der Waals surface area (Å²) in [5.41, 5.74) is 0. The van der Waals surface area contributed by atoms with Gasteiger partial charge < -0.3 is 9.47 Å². The van der Waals surface area contributed by atoms with Gasteiger partial charge in [0.15, 0.2) is 5.78 Å². The van der Waals surface area contributed by atoms with Gasteiger partial charge in [0, 0.05) is 20.1 Å². The van der Waals surface area contributed by atoms with Crippen molar-refractivity contribution in [1.82, 2.24) is 0 Å².